The third-order valence-corrected chi connectivity index (χ3v) is 6.10. The van der Waals surface area contributed by atoms with E-state index >= 15 is 0 Å². The van der Waals surface area contributed by atoms with Crippen molar-refractivity contribution in [1.82, 2.24) is 10.3 Å². The van der Waals surface area contributed by atoms with Crippen LogP contribution < -0.4 is 15.4 Å². The molecule has 4 rings (SSSR count). The maximum absolute atomic E-state index is 12.7. The highest BCUT2D eigenvalue weighted by atomic mass is 32.1. The number of ether oxygens (including phenoxy) is 1. The summed E-state index contributed by atoms with van der Waals surface area (Å²) in [7, 11) is 0. The Bertz CT molecular complexity index is 1060. The van der Waals surface area contributed by atoms with Crippen LogP contribution in [0.25, 0.3) is 0 Å². The van der Waals surface area contributed by atoms with Gasteiger partial charge in [-0.05, 0) is 44.0 Å². The van der Waals surface area contributed by atoms with Crippen molar-refractivity contribution in [3.63, 3.8) is 0 Å². The quantitative estimate of drug-likeness (QED) is 0.550. The number of carbonyl (C=O) groups excluding carboxylic acids is 2. The van der Waals surface area contributed by atoms with Gasteiger partial charge in [-0.15, -0.1) is 11.3 Å². The molecule has 0 aliphatic heterocycles. The highest BCUT2D eigenvalue weighted by Gasteiger charge is 2.21. The lowest BCUT2D eigenvalue weighted by Gasteiger charge is -2.14. The Morgan fingerprint density at radius 2 is 1.81 bits per heavy atom. The van der Waals surface area contributed by atoms with Crippen molar-refractivity contribution in [2.45, 2.75) is 45.3 Å². The van der Waals surface area contributed by atoms with E-state index in [0.717, 1.165) is 37.0 Å². The average Bonchev–Trinajstić information content (AvgIpc) is 3.46. The van der Waals surface area contributed by atoms with E-state index in [-0.39, 0.29) is 17.9 Å². The molecule has 2 N–H and O–H groups in total. The lowest BCUT2D eigenvalue weighted by molar-refractivity contribution is 0.0938. The Labute approximate surface area is 185 Å². The molecule has 0 atom stereocenters. The zero-order chi connectivity index (χ0) is 21.6. The molecule has 2 amide bonds. The molecule has 31 heavy (non-hydrogen) atoms. The fraction of sp³-hybridized carbons (Fsp3) is 0.292. The SMILES string of the molecule is Cc1ccc(OCc2nc(C(=O)Nc3ccccc3C(=O)NC3CCCC3)cs2)cc1. The fourth-order valence-electron chi connectivity index (χ4n) is 3.57. The van der Waals surface area contributed by atoms with Gasteiger partial charge < -0.3 is 15.4 Å². The number of nitrogens with one attached hydrogen (secondary N) is 2. The molecule has 0 radical (unpaired) electrons. The van der Waals surface area contributed by atoms with E-state index in [0.29, 0.717) is 28.6 Å². The zero-order valence-electron chi connectivity index (χ0n) is 17.4. The van der Waals surface area contributed by atoms with Gasteiger partial charge in [0.15, 0.2) is 0 Å². The molecule has 3 aromatic rings. The maximum atomic E-state index is 12.7. The second-order valence-electron chi connectivity index (χ2n) is 7.68. The summed E-state index contributed by atoms with van der Waals surface area (Å²) in [5, 5.41) is 8.30. The van der Waals surface area contributed by atoms with Gasteiger partial charge in [0.05, 0.1) is 11.3 Å². The third-order valence-electron chi connectivity index (χ3n) is 5.28. The van der Waals surface area contributed by atoms with Gasteiger partial charge in [0.25, 0.3) is 11.8 Å². The van der Waals surface area contributed by atoms with E-state index in [2.05, 4.69) is 15.6 Å². The molecule has 2 aromatic carbocycles. The lowest BCUT2D eigenvalue weighted by Crippen LogP contribution is -2.33. The molecule has 1 fully saturated rings. The Morgan fingerprint density at radius 1 is 1.06 bits per heavy atom. The van der Waals surface area contributed by atoms with Crippen molar-refractivity contribution in [3.05, 3.63) is 75.7 Å². The van der Waals surface area contributed by atoms with Crippen LogP contribution in [0.4, 0.5) is 5.69 Å². The van der Waals surface area contributed by atoms with Crippen LogP contribution in [0, 0.1) is 6.92 Å². The first kappa shape index (κ1) is 21.1. The third kappa shape index (κ3) is 5.49. The molecule has 7 heteroatoms. The summed E-state index contributed by atoms with van der Waals surface area (Å²) >= 11 is 1.37. The van der Waals surface area contributed by atoms with Crippen LogP contribution in [0.3, 0.4) is 0 Å². The number of benzene rings is 2. The molecule has 1 aliphatic rings. The monoisotopic (exact) mass is 435 g/mol. The van der Waals surface area contributed by atoms with Gasteiger partial charge in [0.2, 0.25) is 0 Å². The molecule has 0 spiro atoms. The van der Waals surface area contributed by atoms with E-state index < -0.39 is 0 Å². The summed E-state index contributed by atoms with van der Waals surface area (Å²) in [6.07, 6.45) is 4.30. The van der Waals surface area contributed by atoms with Crippen molar-refractivity contribution < 1.29 is 14.3 Å². The second kappa shape index (κ2) is 9.75. The summed E-state index contributed by atoms with van der Waals surface area (Å²) in [6.45, 7) is 2.31. The van der Waals surface area contributed by atoms with Crippen LogP contribution in [0.2, 0.25) is 0 Å². The number of amides is 2. The van der Waals surface area contributed by atoms with Crippen LogP contribution in [0.1, 0.15) is 57.1 Å². The van der Waals surface area contributed by atoms with Gasteiger partial charge in [-0.3, -0.25) is 9.59 Å². The van der Waals surface area contributed by atoms with Gasteiger partial charge in [-0.1, -0.05) is 42.7 Å². The molecule has 1 aromatic heterocycles. The standard InChI is InChI=1S/C24H25N3O3S/c1-16-10-12-18(13-11-16)30-14-22-26-21(15-31-22)24(29)27-20-9-5-4-8-19(20)23(28)25-17-6-2-3-7-17/h4-5,8-13,15,17H,2-3,6-7,14H2,1H3,(H,25,28)(H,27,29). The molecular formula is C24H25N3O3S. The topological polar surface area (TPSA) is 80.3 Å². The van der Waals surface area contributed by atoms with E-state index in [1.165, 1.54) is 11.3 Å². The number of para-hydroxylation sites is 1. The van der Waals surface area contributed by atoms with Crippen LogP contribution in [-0.4, -0.2) is 22.8 Å². The first-order chi connectivity index (χ1) is 15.1. The van der Waals surface area contributed by atoms with E-state index in [1.54, 1.807) is 29.6 Å². The predicted octanol–water partition coefficient (Wildman–Crippen LogP) is 4.96. The second-order valence-corrected chi connectivity index (χ2v) is 8.63. The van der Waals surface area contributed by atoms with Crippen molar-refractivity contribution in [1.29, 1.82) is 0 Å². The van der Waals surface area contributed by atoms with E-state index in [4.69, 9.17) is 4.74 Å². The summed E-state index contributed by atoms with van der Waals surface area (Å²) in [4.78, 5) is 29.8. The molecule has 6 nitrogen and oxygen atoms in total. The highest BCUT2D eigenvalue weighted by Crippen LogP contribution is 2.21. The van der Waals surface area contributed by atoms with Crippen LogP contribution >= 0.6 is 11.3 Å². The predicted molar refractivity (Wildman–Crippen MR) is 122 cm³/mol. The van der Waals surface area contributed by atoms with Gasteiger partial charge in [-0.25, -0.2) is 4.98 Å². The van der Waals surface area contributed by atoms with Gasteiger partial charge in [0, 0.05) is 11.4 Å². The number of hydrogen-bond donors (Lipinski definition) is 2. The highest BCUT2D eigenvalue weighted by molar-refractivity contribution is 7.09. The number of aromatic nitrogens is 1. The fourth-order valence-corrected chi connectivity index (χ4v) is 4.26. The largest absolute Gasteiger partial charge is 0.486 e. The average molecular weight is 436 g/mol. The Balaban J connectivity index is 1.38. The van der Waals surface area contributed by atoms with Crippen molar-refractivity contribution in [2.24, 2.45) is 0 Å². The first-order valence-corrected chi connectivity index (χ1v) is 11.3. The smallest absolute Gasteiger partial charge is 0.275 e. The number of anilines is 1. The Kier molecular flexibility index (Phi) is 6.62. The number of nitrogens with zero attached hydrogens (tertiary/aromatic N) is 1. The molecule has 1 aliphatic carbocycles. The van der Waals surface area contributed by atoms with E-state index in [1.807, 2.05) is 31.2 Å². The maximum Gasteiger partial charge on any atom is 0.275 e. The zero-order valence-corrected chi connectivity index (χ0v) is 18.2. The minimum Gasteiger partial charge on any atom is -0.486 e. The molecule has 1 heterocycles. The molecule has 0 saturated heterocycles. The molecule has 0 bridgehead atoms. The number of aryl methyl sites for hydroxylation is 1. The van der Waals surface area contributed by atoms with Crippen LogP contribution in [0.15, 0.2) is 53.9 Å². The van der Waals surface area contributed by atoms with Gasteiger partial charge in [-0.2, -0.15) is 0 Å². The van der Waals surface area contributed by atoms with Crippen molar-refractivity contribution >= 4 is 28.8 Å². The summed E-state index contributed by atoms with van der Waals surface area (Å²) in [5.41, 5.74) is 2.41. The molecule has 160 valence electrons. The van der Waals surface area contributed by atoms with E-state index in [9.17, 15) is 9.59 Å². The lowest BCUT2D eigenvalue weighted by atomic mass is 10.1. The van der Waals surface area contributed by atoms with Gasteiger partial charge in [0.1, 0.15) is 23.1 Å². The van der Waals surface area contributed by atoms with Gasteiger partial charge >= 0.3 is 0 Å². The normalized spacial score (nSPS) is 13.7. The van der Waals surface area contributed by atoms with Crippen LogP contribution in [-0.2, 0) is 6.61 Å². The van der Waals surface area contributed by atoms with Crippen LogP contribution in [0.5, 0.6) is 5.75 Å². The Morgan fingerprint density at radius 3 is 2.58 bits per heavy atom. The molecule has 0 unspecified atom stereocenters. The molecule has 1 saturated carbocycles. The number of rotatable bonds is 7. The minimum atomic E-state index is -0.348. The molecular weight excluding hydrogens is 410 g/mol. The number of hydrogen-bond acceptors (Lipinski definition) is 5. The summed E-state index contributed by atoms with van der Waals surface area (Å²) in [6, 6.07) is 15.0. The first-order valence-electron chi connectivity index (χ1n) is 10.4. The summed E-state index contributed by atoms with van der Waals surface area (Å²) in [5.74, 6) is 0.251. The van der Waals surface area contributed by atoms with Crippen molar-refractivity contribution in [3.8, 4) is 5.75 Å². The Hall–Kier alpha value is -3.19. The minimum absolute atomic E-state index is 0.159. The number of carbonyl (C=O) groups is 2. The summed E-state index contributed by atoms with van der Waals surface area (Å²) < 4.78 is 5.74. The van der Waals surface area contributed by atoms with Crippen molar-refractivity contribution in [2.75, 3.05) is 5.32 Å². The number of thiazole rings is 1.